The van der Waals surface area contributed by atoms with Crippen molar-refractivity contribution in [2.45, 2.75) is 6.61 Å². The summed E-state index contributed by atoms with van der Waals surface area (Å²) in [4.78, 5) is 15.1. The number of rotatable bonds is 4. The molecule has 1 N–H and O–H groups in total. The highest BCUT2D eigenvalue weighted by Gasteiger charge is 2.18. The van der Waals surface area contributed by atoms with Crippen molar-refractivity contribution >= 4 is 27.6 Å². The SMILES string of the molecule is O=c1c2ccc(OCc3ccccc3)cc2oc2cc(N3CCOCC3)cc(O)c12. The van der Waals surface area contributed by atoms with Gasteiger partial charge in [-0.05, 0) is 17.7 Å². The standard InChI is InChI=1S/C24H21NO5/c26-20-12-17(25-8-10-28-11-9-25)13-22-23(20)24(27)19-7-6-18(14-21(19)30-22)29-15-16-4-2-1-3-5-16/h1-7,12-14,26H,8-11,15H2. The van der Waals surface area contributed by atoms with Crippen molar-refractivity contribution in [1.82, 2.24) is 0 Å². The van der Waals surface area contributed by atoms with Crippen LogP contribution in [-0.2, 0) is 11.3 Å². The first-order valence-electron chi connectivity index (χ1n) is 9.92. The van der Waals surface area contributed by atoms with Crippen molar-refractivity contribution in [1.29, 1.82) is 0 Å². The molecule has 4 aromatic rings. The van der Waals surface area contributed by atoms with Crippen LogP contribution in [0.5, 0.6) is 11.5 Å². The van der Waals surface area contributed by atoms with Crippen molar-refractivity contribution in [2.75, 3.05) is 31.2 Å². The molecule has 1 aliphatic heterocycles. The first-order chi connectivity index (χ1) is 14.7. The molecule has 0 saturated carbocycles. The zero-order chi connectivity index (χ0) is 20.5. The van der Waals surface area contributed by atoms with Crippen molar-refractivity contribution in [3.8, 4) is 11.5 Å². The minimum atomic E-state index is -0.258. The number of morpholine rings is 1. The summed E-state index contributed by atoms with van der Waals surface area (Å²) < 4.78 is 17.3. The zero-order valence-electron chi connectivity index (χ0n) is 16.3. The molecular formula is C24H21NO5. The summed E-state index contributed by atoms with van der Waals surface area (Å²) in [7, 11) is 0. The average molecular weight is 403 g/mol. The minimum absolute atomic E-state index is 0.0750. The van der Waals surface area contributed by atoms with Crippen molar-refractivity contribution < 1.29 is 19.0 Å². The lowest BCUT2D eigenvalue weighted by Gasteiger charge is -2.29. The molecule has 0 amide bonds. The summed E-state index contributed by atoms with van der Waals surface area (Å²) in [5, 5.41) is 11.1. The number of hydrogen-bond acceptors (Lipinski definition) is 6. The molecule has 0 spiro atoms. The highest BCUT2D eigenvalue weighted by Crippen LogP contribution is 2.32. The van der Waals surface area contributed by atoms with Crippen LogP contribution in [0.15, 0.2) is 69.9 Å². The van der Waals surface area contributed by atoms with Gasteiger partial charge in [0.05, 0.1) is 18.6 Å². The normalized spacial score (nSPS) is 14.3. The molecule has 0 atom stereocenters. The number of phenolic OH excluding ortho intramolecular Hbond substituents is 1. The Balaban J connectivity index is 1.54. The third-order valence-corrected chi connectivity index (χ3v) is 5.34. The number of ether oxygens (including phenoxy) is 2. The lowest BCUT2D eigenvalue weighted by Crippen LogP contribution is -2.36. The van der Waals surface area contributed by atoms with Crippen LogP contribution in [-0.4, -0.2) is 31.4 Å². The highest BCUT2D eigenvalue weighted by atomic mass is 16.5. The molecule has 6 heteroatoms. The first kappa shape index (κ1) is 18.5. The number of aromatic hydroxyl groups is 1. The van der Waals surface area contributed by atoms with Crippen LogP contribution in [0.25, 0.3) is 21.9 Å². The Morgan fingerprint density at radius 1 is 0.967 bits per heavy atom. The number of nitrogens with zero attached hydrogens (tertiary/aromatic N) is 1. The lowest BCUT2D eigenvalue weighted by atomic mass is 10.1. The van der Waals surface area contributed by atoms with E-state index in [1.807, 2.05) is 30.3 Å². The third-order valence-electron chi connectivity index (χ3n) is 5.34. The Morgan fingerprint density at radius 3 is 2.57 bits per heavy atom. The molecule has 3 aromatic carbocycles. The Morgan fingerprint density at radius 2 is 1.77 bits per heavy atom. The molecule has 30 heavy (non-hydrogen) atoms. The molecular weight excluding hydrogens is 382 g/mol. The summed E-state index contributed by atoms with van der Waals surface area (Å²) in [6.07, 6.45) is 0. The van der Waals surface area contributed by atoms with E-state index in [0.29, 0.717) is 42.1 Å². The van der Waals surface area contributed by atoms with Gasteiger partial charge in [0.15, 0.2) is 0 Å². The summed E-state index contributed by atoms with van der Waals surface area (Å²) in [5.41, 5.74) is 2.39. The maximum Gasteiger partial charge on any atom is 0.204 e. The first-order valence-corrected chi connectivity index (χ1v) is 9.92. The number of hydrogen-bond donors (Lipinski definition) is 1. The van der Waals surface area contributed by atoms with E-state index in [4.69, 9.17) is 13.9 Å². The molecule has 1 fully saturated rings. The van der Waals surface area contributed by atoms with Crippen LogP contribution in [0, 0.1) is 0 Å². The largest absolute Gasteiger partial charge is 0.507 e. The number of anilines is 1. The number of fused-ring (bicyclic) bond motifs is 2. The van der Waals surface area contributed by atoms with E-state index in [9.17, 15) is 9.90 Å². The predicted octanol–water partition coefficient (Wildman–Crippen LogP) is 4.07. The van der Waals surface area contributed by atoms with E-state index in [1.165, 1.54) is 0 Å². The maximum atomic E-state index is 13.0. The molecule has 1 aliphatic rings. The number of phenols is 1. The van der Waals surface area contributed by atoms with Gasteiger partial charge in [-0.3, -0.25) is 4.79 Å². The highest BCUT2D eigenvalue weighted by molar-refractivity contribution is 5.95. The monoisotopic (exact) mass is 403 g/mol. The Kier molecular flexibility index (Phi) is 4.77. The fourth-order valence-corrected chi connectivity index (χ4v) is 3.76. The van der Waals surface area contributed by atoms with Crippen LogP contribution in [0.2, 0.25) is 0 Å². The van der Waals surface area contributed by atoms with Gasteiger partial charge < -0.3 is 23.9 Å². The van der Waals surface area contributed by atoms with E-state index in [2.05, 4.69) is 4.90 Å². The third kappa shape index (κ3) is 3.46. The zero-order valence-corrected chi connectivity index (χ0v) is 16.3. The Bertz CT molecular complexity index is 1260. The van der Waals surface area contributed by atoms with Gasteiger partial charge in [0, 0.05) is 37.0 Å². The second-order valence-electron chi connectivity index (χ2n) is 7.30. The molecule has 0 bridgehead atoms. The van der Waals surface area contributed by atoms with Crippen LogP contribution in [0.3, 0.4) is 0 Å². The smallest absolute Gasteiger partial charge is 0.204 e. The summed E-state index contributed by atoms with van der Waals surface area (Å²) in [6, 6.07) is 18.4. The van der Waals surface area contributed by atoms with Gasteiger partial charge in [0.1, 0.15) is 34.7 Å². The van der Waals surface area contributed by atoms with Crippen molar-refractivity contribution in [3.63, 3.8) is 0 Å². The van der Waals surface area contributed by atoms with Gasteiger partial charge >= 0.3 is 0 Å². The van der Waals surface area contributed by atoms with Gasteiger partial charge in [-0.1, -0.05) is 30.3 Å². The fraction of sp³-hybridized carbons (Fsp3) is 0.208. The second kappa shape index (κ2) is 7.72. The van der Waals surface area contributed by atoms with Gasteiger partial charge in [-0.25, -0.2) is 0 Å². The summed E-state index contributed by atoms with van der Waals surface area (Å²) >= 11 is 0. The Hall–Kier alpha value is -3.51. The molecule has 0 unspecified atom stereocenters. The molecule has 6 nitrogen and oxygen atoms in total. The molecule has 152 valence electrons. The van der Waals surface area contributed by atoms with Gasteiger partial charge in [-0.2, -0.15) is 0 Å². The van der Waals surface area contributed by atoms with Gasteiger partial charge in [-0.15, -0.1) is 0 Å². The summed E-state index contributed by atoms with van der Waals surface area (Å²) in [6.45, 7) is 3.12. The van der Waals surface area contributed by atoms with Crippen LogP contribution in [0.4, 0.5) is 5.69 Å². The summed E-state index contributed by atoms with van der Waals surface area (Å²) in [5.74, 6) is 0.538. The molecule has 1 aromatic heterocycles. The average Bonchev–Trinajstić information content (AvgIpc) is 2.78. The molecule has 2 heterocycles. The quantitative estimate of drug-likeness (QED) is 0.518. The predicted molar refractivity (Wildman–Crippen MR) is 115 cm³/mol. The van der Waals surface area contributed by atoms with Gasteiger partial charge in [0.2, 0.25) is 5.43 Å². The molecule has 5 rings (SSSR count). The van der Waals surface area contributed by atoms with Gasteiger partial charge in [0.25, 0.3) is 0 Å². The van der Waals surface area contributed by atoms with Crippen LogP contribution < -0.4 is 15.1 Å². The fourth-order valence-electron chi connectivity index (χ4n) is 3.76. The topological polar surface area (TPSA) is 72.1 Å². The van der Waals surface area contributed by atoms with E-state index in [0.717, 1.165) is 24.3 Å². The van der Waals surface area contributed by atoms with E-state index in [1.54, 1.807) is 30.3 Å². The number of benzene rings is 3. The van der Waals surface area contributed by atoms with Crippen molar-refractivity contribution in [3.05, 3.63) is 76.5 Å². The lowest BCUT2D eigenvalue weighted by molar-refractivity contribution is 0.122. The molecule has 0 aliphatic carbocycles. The maximum absolute atomic E-state index is 13.0. The van der Waals surface area contributed by atoms with Crippen LogP contribution in [0.1, 0.15) is 5.56 Å². The van der Waals surface area contributed by atoms with E-state index >= 15 is 0 Å². The molecule has 0 radical (unpaired) electrons. The van der Waals surface area contributed by atoms with E-state index in [-0.39, 0.29) is 16.6 Å². The second-order valence-corrected chi connectivity index (χ2v) is 7.30. The Labute approximate surface area is 172 Å². The molecule has 1 saturated heterocycles. The minimum Gasteiger partial charge on any atom is -0.507 e. The van der Waals surface area contributed by atoms with Crippen molar-refractivity contribution in [2.24, 2.45) is 0 Å². The van der Waals surface area contributed by atoms with E-state index < -0.39 is 0 Å². The van der Waals surface area contributed by atoms with Crippen LogP contribution >= 0.6 is 0 Å².